The van der Waals surface area contributed by atoms with Gasteiger partial charge in [-0.1, -0.05) is 18.2 Å². The highest BCUT2D eigenvalue weighted by molar-refractivity contribution is 5.99. The highest BCUT2D eigenvalue weighted by atomic mass is 16.5. The van der Waals surface area contributed by atoms with E-state index >= 15 is 0 Å². The van der Waals surface area contributed by atoms with Gasteiger partial charge in [-0.2, -0.15) is 0 Å². The molecule has 3 aliphatic heterocycles. The SMILES string of the molecule is Nc1ncc(-c2ccc3c(c2)CCC32CCN(C3CCOCC3)C2)cc1C(=O)N[C@@H]1CC[C@@H](CO)OC1. The predicted octanol–water partition coefficient (Wildman–Crippen LogP) is 2.67. The van der Waals surface area contributed by atoms with Gasteiger partial charge < -0.3 is 25.6 Å². The van der Waals surface area contributed by atoms with Gasteiger partial charge in [0, 0.05) is 43.0 Å². The van der Waals surface area contributed by atoms with Crippen LogP contribution in [0.2, 0.25) is 0 Å². The van der Waals surface area contributed by atoms with Gasteiger partial charge in [-0.05, 0) is 74.2 Å². The lowest BCUT2D eigenvalue weighted by atomic mass is 9.80. The van der Waals surface area contributed by atoms with E-state index in [0.29, 0.717) is 18.2 Å². The maximum absolute atomic E-state index is 13.0. The normalized spacial score (nSPS) is 28.5. The molecule has 8 heteroatoms. The van der Waals surface area contributed by atoms with Gasteiger partial charge in [-0.25, -0.2) is 4.98 Å². The number of hydrogen-bond acceptors (Lipinski definition) is 7. The minimum absolute atomic E-state index is 0.00960. The molecule has 4 N–H and O–H groups in total. The third-order valence-corrected chi connectivity index (χ3v) is 9.05. The van der Waals surface area contributed by atoms with Crippen molar-refractivity contribution in [3.05, 3.63) is 47.2 Å². The van der Waals surface area contributed by atoms with Gasteiger partial charge in [0.2, 0.25) is 0 Å². The van der Waals surface area contributed by atoms with Crippen molar-refractivity contribution in [1.29, 1.82) is 0 Å². The van der Waals surface area contributed by atoms with E-state index in [0.717, 1.165) is 63.0 Å². The third kappa shape index (κ3) is 4.88. The Morgan fingerprint density at radius 3 is 2.81 bits per heavy atom. The number of pyridine rings is 1. The van der Waals surface area contributed by atoms with E-state index in [1.165, 1.54) is 30.5 Å². The lowest BCUT2D eigenvalue weighted by Gasteiger charge is -2.33. The number of aliphatic hydroxyl groups excluding tert-OH is 1. The van der Waals surface area contributed by atoms with Crippen molar-refractivity contribution >= 4 is 11.7 Å². The van der Waals surface area contributed by atoms with Crippen LogP contribution >= 0.6 is 0 Å². The molecule has 4 heterocycles. The second-order valence-corrected chi connectivity index (χ2v) is 11.3. The number of anilines is 1. The number of fused-ring (bicyclic) bond motifs is 2. The fourth-order valence-corrected chi connectivity index (χ4v) is 6.84. The number of aliphatic hydroxyl groups is 1. The first-order valence-corrected chi connectivity index (χ1v) is 13.8. The highest BCUT2D eigenvalue weighted by Crippen LogP contribution is 2.47. The van der Waals surface area contributed by atoms with Gasteiger partial charge in [0.1, 0.15) is 5.82 Å². The van der Waals surface area contributed by atoms with Crippen molar-refractivity contribution < 1.29 is 19.4 Å². The molecule has 8 nitrogen and oxygen atoms in total. The smallest absolute Gasteiger partial charge is 0.255 e. The number of nitrogens with zero attached hydrogens (tertiary/aromatic N) is 2. The molecule has 198 valence electrons. The number of carbonyl (C=O) groups excluding carboxylic acids is 1. The summed E-state index contributed by atoms with van der Waals surface area (Å²) in [5.41, 5.74) is 11.7. The maximum atomic E-state index is 13.0. The summed E-state index contributed by atoms with van der Waals surface area (Å²) in [4.78, 5) is 20.1. The molecule has 1 aromatic heterocycles. The topological polar surface area (TPSA) is 110 Å². The Bertz CT molecular complexity index is 1140. The standard InChI is InChI=1S/C29H38N4O4/c30-27-25(28(35)32-22-2-3-24(16-34)37-17-22)14-21(15-31-27)19-1-4-26-20(13-19)5-8-29(26)9-10-33(18-29)23-6-11-36-12-7-23/h1,4,13-15,22-24,34H,2-3,5-12,16-18H2,(H2,30,31)(H,32,35)/t22-,24+,29?/m1/s1. The molecule has 3 atom stereocenters. The first-order chi connectivity index (χ1) is 18.0. The lowest BCUT2D eigenvalue weighted by Crippen LogP contribution is -2.43. The number of nitrogens with one attached hydrogen (secondary N) is 1. The highest BCUT2D eigenvalue weighted by Gasteiger charge is 2.45. The Balaban J connectivity index is 1.17. The van der Waals surface area contributed by atoms with Crippen molar-refractivity contribution in [1.82, 2.24) is 15.2 Å². The van der Waals surface area contributed by atoms with Crippen LogP contribution in [0.15, 0.2) is 30.5 Å². The molecule has 3 saturated heterocycles. The van der Waals surface area contributed by atoms with Crippen LogP contribution in [0, 0.1) is 0 Å². The predicted molar refractivity (Wildman–Crippen MR) is 141 cm³/mol. The number of aryl methyl sites for hydroxylation is 1. The van der Waals surface area contributed by atoms with Crippen molar-refractivity contribution in [3.8, 4) is 11.1 Å². The Labute approximate surface area is 218 Å². The summed E-state index contributed by atoms with van der Waals surface area (Å²) in [7, 11) is 0. The quantitative estimate of drug-likeness (QED) is 0.572. The van der Waals surface area contributed by atoms with E-state index in [1.807, 2.05) is 6.07 Å². The summed E-state index contributed by atoms with van der Waals surface area (Å²) in [6.45, 7) is 4.52. The number of ether oxygens (including phenoxy) is 2. The van der Waals surface area contributed by atoms with Crippen LogP contribution in [0.3, 0.4) is 0 Å². The Morgan fingerprint density at radius 1 is 1.16 bits per heavy atom. The van der Waals surface area contributed by atoms with E-state index in [-0.39, 0.29) is 35.9 Å². The van der Waals surface area contributed by atoms with Gasteiger partial charge >= 0.3 is 0 Å². The summed E-state index contributed by atoms with van der Waals surface area (Å²) in [6, 6.07) is 9.22. The molecule has 1 aliphatic carbocycles. The maximum Gasteiger partial charge on any atom is 0.255 e. The van der Waals surface area contributed by atoms with Crippen LogP contribution < -0.4 is 11.1 Å². The van der Waals surface area contributed by atoms with Crippen molar-refractivity contribution in [3.63, 3.8) is 0 Å². The molecule has 6 rings (SSSR count). The molecular weight excluding hydrogens is 468 g/mol. The molecule has 1 unspecified atom stereocenters. The lowest BCUT2D eigenvalue weighted by molar-refractivity contribution is -0.0305. The molecule has 3 fully saturated rings. The Hall–Kier alpha value is -2.52. The zero-order valence-corrected chi connectivity index (χ0v) is 21.5. The molecule has 0 saturated carbocycles. The summed E-state index contributed by atoms with van der Waals surface area (Å²) >= 11 is 0. The minimum Gasteiger partial charge on any atom is -0.394 e. The van der Waals surface area contributed by atoms with E-state index in [4.69, 9.17) is 15.2 Å². The van der Waals surface area contributed by atoms with Gasteiger partial charge in [-0.3, -0.25) is 9.69 Å². The average Bonchev–Trinajstić information content (AvgIpc) is 3.54. The van der Waals surface area contributed by atoms with Gasteiger partial charge in [0.25, 0.3) is 5.91 Å². The molecule has 1 spiro atoms. The minimum atomic E-state index is -0.234. The molecule has 37 heavy (non-hydrogen) atoms. The molecule has 1 aromatic carbocycles. The van der Waals surface area contributed by atoms with Crippen LogP contribution in [0.5, 0.6) is 0 Å². The number of nitrogen functional groups attached to an aromatic ring is 1. The third-order valence-electron chi connectivity index (χ3n) is 9.05. The molecule has 0 bridgehead atoms. The summed E-state index contributed by atoms with van der Waals surface area (Å²) in [6.07, 6.45) is 8.94. The molecule has 0 radical (unpaired) electrons. The van der Waals surface area contributed by atoms with E-state index in [2.05, 4.69) is 33.4 Å². The molecular formula is C29H38N4O4. The van der Waals surface area contributed by atoms with Crippen LogP contribution in [0.25, 0.3) is 11.1 Å². The number of carbonyl (C=O) groups is 1. The van der Waals surface area contributed by atoms with Gasteiger partial charge in [0.15, 0.2) is 0 Å². The zero-order valence-electron chi connectivity index (χ0n) is 21.5. The van der Waals surface area contributed by atoms with Gasteiger partial charge in [-0.15, -0.1) is 0 Å². The van der Waals surface area contributed by atoms with E-state index < -0.39 is 0 Å². The van der Waals surface area contributed by atoms with Crippen molar-refractivity contribution in [2.75, 3.05) is 45.3 Å². The van der Waals surface area contributed by atoms with Crippen molar-refractivity contribution in [2.45, 2.75) is 68.5 Å². The molecule has 4 aliphatic rings. The number of benzene rings is 1. The first-order valence-electron chi connectivity index (χ1n) is 13.8. The fraction of sp³-hybridized carbons (Fsp3) is 0.586. The number of likely N-dealkylation sites (tertiary alicyclic amines) is 1. The monoisotopic (exact) mass is 506 g/mol. The van der Waals surface area contributed by atoms with E-state index in [9.17, 15) is 9.90 Å². The summed E-state index contributed by atoms with van der Waals surface area (Å²) < 4.78 is 11.2. The summed E-state index contributed by atoms with van der Waals surface area (Å²) in [5.74, 6) is -0.00680. The van der Waals surface area contributed by atoms with Crippen LogP contribution in [0.1, 0.15) is 60.0 Å². The van der Waals surface area contributed by atoms with Gasteiger partial charge in [0.05, 0.1) is 30.9 Å². The van der Waals surface area contributed by atoms with Crippen molar-refractivity contribution in [2.24, 2.45) is 0 Å². The Kier molecular flexibility index (Phi) is 6.92. The number of rotatable bonds is 5. The van der Waals surface area contributed by atoms with Crippen LogP contribution in [-0.4, -0.2) is 78.6 Å². The van der Waals surface area contributed by atoms with E-state index in [1.54, 1.807) is 6.20 Å². The Morgan fingerprint density at radius 2 is 2.03 bits per heavy atom. The van der Waals surface area contributed by atoms with Crippen LogP contribution in [-0.2, 0) is 21.3 Å². The number of hydrogen-bond donors (Lipinski definition) is 3. The zero-order chi connectivity index (χ0) is 25.4. The summed E-state index contributed by atoms with van der Waals surface area (Å²) in [5, 5.41) is 12.3. The molecule has 2 aromatic rings. The molecule has 1 amide bonds. The second-order valence-electron chi connectivity index (χ2n) is 11.3. The number of amides is 1. The van der Waals surface area contributed by atoms with Crippen LogP contribution in [0.4, 0.5) is 5.82 Å². The fourth-order valence-electron chi connectivity index (χ4n) is 6.84. The largest absolute Gasteiger partial charge is 0.394 e. The average molecular weight is 507 g/mol. The number of nitrogens with two attached hydrogens (primary N) is 1. The first kappa shape index (κ1) is 24.8. The second kappa shape index (κ2) is 10.3. The number of aromatic nitrogens is 1.